The molecule has 1 unspecified atom stereocenters. The molecule has 0 spiro atoms. The summed E-state index contributed by atoms with van der Waals surface area (Å²) in [7, 11) is 2.12. The number of carbonyl (C=O) groups is 2. The molecule has 3 rings (SSSR count). The SMILES string of the molecule is CN1[C@@H]2CC[C@H]1CC(OC(=O)NC(=O)c1cc(Cl)cc(Cl)c1)C2. The van der Waals surface area contributed by atoms with E-state index in [0.717, 1.165) is 25.7 Å². The van der Waals surface area contributed by atoms with Crippen LogP contribution in [-0.4, -0.2) is 42.1 Å². The fourth-order valence-electron chi connectivity index (χ4n) is 3.49. The zero-order valence-electron chi connectivity index (χ0n) is 12.7. The molecule has 124 valence electrons. The molecule has 0 aromatic heterocycles. The Morgan fingerprint density at radius 1 is 1.13 bits per heavy atom. The van der Waals surface area contributed by atoms with Crippen molar-refractivity contribution < 1.29 is 14.3 Å². The fraction of sp³-hybridized carbons (Fsp3) is 0.500. The number of nitrogens with one attached hydrogen (secondary N) is 1. The van der Waals surface area contributed by atoms with Crippen molar-refractivity contribution in [1.29, 1.82) is 0 Å². The number of benzene rings is 1. The van der Waals surface area contributed by atoms with E-state index in [-0.39, 0.29) is 11.7 Å². The molecule has 2 bridgehead atoms. The lowest BCUT2D eigenvalue weighted by Gasteiger charge is -2.35. The molecule has 2 heterocycles. The van der Waals surface area contributed by atoms with Crippen LogP contribution in [0.4, 0.5) is 4.79 Å². The van der Waals surface area contributed by atoms with Gasteiger partial charge in [0.1, 0.15) is 6.10 Å². The maximum Gasteiger partial charge on any atom is 0.414 e. The summed E-state index contributed by atoms with van der Waals surface area (Å²) in [4.78, 5) is 26.4. The molecule has 0 radical (unpaired) electrons. The molecule has 2 amide bonds. The van der Waals surface area contributed by atoms with Crippen LogP contribution in [0.2, 0.25) is 10.0 Å². The van der Waals surface area contributed by atoms with Gasteiger partial charge in [-0.3, -0.25) is 10.1 Å². The van der Waals surface area contributed by atoms with Gasteiger partial charge in [0.05, 0.1) is 0 Å². The highest BCUT2D eigenvalue weighted by molar-refractivity contribution is 6.35. The van der Waals surface area contributed by atoms with Crippen molar-refractivity contribution in [2.75, 3.05) is 7.05 Å². The van der Waals surface area contributed by atoms with Crippen molar-refractivity contribution in [2.45, 2.75) is 43.9 Å². The minimum Gasteiger partial charge on any atom is -0.446 e. The van der Waals surface area contributed by atoms with Gasteiger partial charge in [0.2, 0.25) is 0 Å². The van der Waals surface area contributed by atoms with E-state index < -0.39 is 12.0 Å². The van der Waals surface area contributed by atoms with Crippen LogP contribution >= 0.6 is 23.2 Å². The molecule has 7 heteroatoms. The van der Waals surface area contributed by atoms with Crippen molar-refractivity contribution >= 4 is 35.2 Å². The number of fused-ring (bicyclic) bond motifs is 2. The molecule has 0 saturated carbocycles. The molecule has 1 aromatic carbocycles. The Kier molecular flexibility index (Phi) is 4.80. The van der Waals surface area contributed by atoms with Crippen molar-refractivity contribution in [3.05, 3.63) is 33.8 Å². The Balaban J connectivity index is 1.56. The van der Waals surface area contributed by atoms with Crippen molar-refractivity contribution in [3.63, 3.8) is 0 Å². The molecular weight excluding hydrogens is 339 g/mol. The van der Waals surface area contributed by atoms with Gasteiger partial charge in [-0.2, -0.15) is 0 Å². The highest BCUT2D eigenvalue weighted by Gasteiger charge is 2.39. The van der Waals surface area contributed by atoms with Crippen LogP contribution in [-0.2, 0) is 4.74 Å². The molecule has 23 heavy (non-hydrogen) atoms. The van der Waals surface area contributed by atoms with Crippen molar-refractivity contribution in [1.82, 2.24) is 10.2 Å². The van der Waals surface area contributed by atoms with Gasteiger partial charge in [0.25, 0.3) is 5.91 Å². The second-order valence-electron chi connectivity index (χ2n) is 6.16. The molecule has 2 aliphatic heterocycles. The molecule has 2 aliphatic rings. The first-order valence-corrected chi connectivity index (χ1v) is 8.38. The van der Waals surface area contributed by atoms with Gasteiger partial charge in [0.15, 0.2) is 0 Å². The summed E-state index contributed by atoms with van der Waals surface area (Å²) in [5.74, 6) is -0.574. The largest absolute Gasteiger partial charge is 0.446 e. The lowest BCUT2D eigenvalue weighted by atomic mass is 10.0. The summed E-state index contributed by atoms with van der Waals surface area (Å²) >= 11 is 11.7. The Morgan fingerprint density at radius 2 is 1.70 bits per heavy atom. The predicted octanol–water partition coefficient (Wildman–Crippen LogP) is 3.49. The van der Waals surface area contributed by atoms with E-state index in [9.17, 15) is 9.59 Å². The topological polar surface area (TPSA) is 58.6 Å². The van der Waals surface area contributed by atoms with E-state index in [1.807, 2.05) is 0 Å². The van der Waals surface area contributed by atoms with Crippen LogP contribution in [0, 0.1) is 0 Å². The maximum atomic E-state index is 12.1. The first kappa shape index (κ1) is 16.6. The standard InChI is InChI=1S/C16H18Cl2N2O3/c1-20-12-2-3-13(20)8-14(7-12)23-16(22)19-15(21)9-4-10(17)6-11(18)5-9/h4-6,12-14H,2-3,7-8H2,1H3,(H,19,21,22)/t12-,13+,14?. The van der Waals surface area contributed by atoms with Crippen LogP contribution in [0.15, 0.2) is 18.2 Å². The average molecular weight is 357 g/mol. The number of imide groups is 1. The number of amides is 2. The zero-order chi connectivity index (χ0) is 16.6. The number of alkyl carbamates (subject to hydrolysis) is 1. The summed E-state index contributed by atoms with van der Waals surface area (Å²) in [6.07, 6.45) is 3.06. The van der Waals surface area contributed by atoms with Crippen LogP contribution in [0.5, 0.6) is 0 Å². The molecule has 5 nitrogen and oxygen atoms in total. The van der Waals surface area contributed by atoms with Crippen LogP contribution in [0.1, 0.15) is 36.0 Å². The lowest BCUT2D eigenvalue weighted by Crippen LogP contribution is -2.45. The summed E-state index contributed by atoms with van der Waals surface area (Å²) in [5, 5.41) is 2.90. The maximum absolute atomic E-state index is 12.1. The highest BCUT2D eigenvalue weighted by atomic mass is 35.5. The van der Waals surface area contributed by atoms with Gasteiger partial charge in [0, 0.05) is 40.5 Å². The fourth-order valence-corrected chi connectivity index (χ4v) is 4.01. The normalized spacial score (nSPS) is 26.8. The number of hydrogen-bond donors (Lipinski definition) is 1. The third-order valence-corrected chi connectivity index (χ3v) is 5.11. The number of halogens is 2. The summed E-state index contributed by atoms with van der Waals surface area (Å²) < 4.78 is 5.41. The van der Waals surface area contributed by atoms with Gasteiger partial charge in [-0.1, -0.05) is 23.2 Å². The van der Waals surface area contributed by atoms with E-state index in [2.05, 4.69) is 17.3 Å². The molecular formula is C16H18Cl2N2O3. The Bertz CT molecular complexity index is 604. The molecule has 2 fully saturated rings. The summed E-state index contributed by atoms with van der Waals surface area (Å²) in [6.45, 7) is 0. The van der Waals surface area contributed by atoms with E-state index in [1.165, 1.54) is 18.2 Å². The van der Waals surface area contributed by atoms with Gasteiger partial charge < -0.3 is 9.64 Å². The number of rotatable bonds is 2. The highest BCUT2D eigenvalue weighted by Crippen LogP contribution is 2.35. The first-order chi connectivity index (χ1) is 10.9. The molecule has 0 aliphatic carbocycles. The average Bonchev–Trinajstić information content (AvgIpc) is 2.69. The lowest BCUT2D eigenvalue weighted by molar-refractivity contribution is 0.0283. The van der Waals surface area contributed by atoms with E-state index in [1.54, 1.807) is 0 Å². The van der Waals surface area contributed by atoms with Gasteiger partial charge in [-0.05, 0) is 38.1 Å². The number of carbonyl (C=O) groups excluding carboxylic acids is 2. The zero-order valence-corrected chi connectivity index (χ0v) is 14.2. The van der Waals surface area contributed by atoms with Crippen molar-refractivity contribution in [2.24, 2.45) is 0 Å². The van der Waals surface area contributed by atoms with Gasteiger partial charge in [-0.15, -0.1) is 0 Å². The predicted molar refractivity (Wildman–Crippen MR) is 88.0 cm³/mol. The number of hydrogen-bond acceptors (Lipinski definition) is 4. The third-order valence-electron chi connectivity index (χ3n) is 4.67. The Labute approximate surface area is 144 Å². The first-order valence-electron chi connectivity index (χ1n) is 7.62. The third kappa shape index (κ3) is 3.79. The Hall–Kier alpha value is -1.30. The summed E-state index contributed by atoms with van der Waals surface area (Å²) in [5.41, 5.74) is 0.225. The van der Waals surface area contributed by atoms with Crippen molar-refractivity contribution in [3.8, 4) is 0 Å². The number of ether oxygens (including phenoxy) is 1. The van der Waals surface area contributed by atoms with E-state index >= 15 is 0 Å². The minimum absolute atomic E-state index is 0.139. The van der Waals surface area contributed by atoms with Gasteiger partial charge >= 0.3 is 6.09 Å². The van der Waals surface area contributed by atoms with Crippen LogP contribution in [0.25, 0.3) is 0 Å². The second kappa shape index (κ2) is 6.67. The molecule has 2 saturated heterocycles. The van der Waals surface area contributed by atoms with E-state index in [0.29, 0.717) is 22.1 Å². The number of piperidine rings is 1. The quantitative estimate of drug-likeness (QED) is 0.880. The molecule has 3 atom stereocenters. The molecule has 1 N–H and O–H groups in total. The molecule has 1 aromatic rings. The van der Waals surface area contributed by atoms with E-state index in [4.69, 9.17) is 27.9 Å². The Morgan fingerprint density at radius 3 is 2.26 bits per heavy atom. The second-order valence-corrected chi connectivity index (χ2v) is 7.03. The van der Waals surface area contributed by atoms with Gasteiger partial charge in [-0.25, -0.2) is 4.79 Å². The number of nitrogens with zero attached hydrogens (tertiary/aromatic N) is 1. The minimum atomic E-state index is -0.722. The monoisotopic (exact) mass is 356 g/mol. The van der Waals surface area contributed by atoms with Crippen LogP contribution < -0.4 is 5.32 Å². The smallest absolute Gasteiger partial charge is 0.414 e. The van der Waals surface area contributed by atoms with Crippen LogP contribution in [0.3, 0.4) is 0 Å². The summed E-state index contributed by atoms with van der Waals surface area (Å²) in [6, 6.07) is 5.35.